The molecule has 1 aromatic rings. The number of aliphatic imine (C=N–C) groups is 1. The van der Waals surface area contributed by atoms with Gasteiger partial charge in [-0.1, -0.05) is 24.3 Å². The molecule has 0 radical (unpaired) electrons. The van der Waals surface area contributed by atoms with Crippen molar-refractivity contribution < 1.29 is 0 Å². The van der Waals surface area contributed by atoms with Crippen molar-refractivity contribution >= 4 is 11.9 Å². The molecule has 4 heterocycles. The molecule has 5 atom stereocenters. The summed E-state index contributed by atoms with van der Waals surface area (Å²) in [5.41, 5.74) is 2.65. The lowest BCUT2D eigenvalue weighted by atomic mass is 9.73. The Morgan fingerprint density at radius 3 is 3.05 bits per heavy atom. The number of rotatable bonds is 3. The second kappa shape index (κ2) is 5.42. The molecule has 0 aromatic heterocycles. The number of hydrogen-bond donors (Lipinski definition) is 0. The van der Waals surface area contributed by atoms with Crippen LogP contribution in [0.5, 0.6) is 0 Å². The highest BCUT2D eigenvalue weighted by molar-refractivity contribution is 5.70. The Hall–Kier alpha value is -1.41. The van der Waals surface area contributed by atoms with Gasteiger partial charge in [0.1, 0.15) is 0 Å². The van der Waals surface area contributed by atoms with Gasteiger partial charge in [-0.2, -0.15) is 0 Å². The van der Waals surface area contributed by atoms with E-state index in [1.165, 1.54) is 43.6 Å². The van der Waals surface area contributed by atoms with Crippen LogP contribution in [-0.2, 0) is 0 Å². The SMILES string of the molecule is C=CC1CN2CCC1CC2CC1CC=Nc2ccccc21. The van der Waals surface area contributed by atoms with E-state index in [9.17, 15) is 0 Å². The largest absolute Gasteiger partial charge is 0.300 e. The van der Waals surface area contributed by atoms with Crippen LogP contribution in [0.1, 0.15) is 37.2 Å². The van der Waals surface area contributed by atoms with Crippen LogP contribution in [-0.4, -0.2) is 30.2 Å². The molecule has 5 unspecified atom stereocenters. The summed E-state index contributed by atoms with van der Waals surface area (Å²) in [6, 6.07) is 9.45. The molecule has 110 valence electrons. The van der Waals surface area contributed by atoms with E-state index in [4.69, 9.17) is 0 Å². The summed E-state index contributed by atoms with van der Waals surface area (Å²) in [5, 5.41) is 0. The van der Waals surface area contributed by atoms with Crippen molar-refractivity contribution in [3.8, 4) is 0 Å². The number of nitrogens with zero attached hydrogens (tertiary/aromatic N) is 2. The number of fused-ring (bicyclic) bond motifs is 4. The van der Waals surface area contributed by atoms with E-state index in [1.807, 2.05) is 0 Å². The Kier molecular flexibility index (Phi) is 3.42. The Labute approximate surface area is 127 Å². The minimum absolute atomic E-state index is 0.658. The van der Waals surface area contributed by atoms with Crippen molar-refractivity contribution in [2.75, 3.05) is 13.1 Å². The van der Waals surface area contributed by atoms with Crippen LogP contribution in [0.15, 0.2) is 41.9 Å². The minimum atomic E-state index is 0.658. The average Bonchev–Trinajstić information content (AvgIpc) is 2.56. The third kappa shape index (κ3) is 2.36. The Balaban J connectivity index is 1.50. The zero-order chi connectivity index (χ0) is 14.2. The summed E-state index contributed by atoms with van der Waals surface area (Å²) in [6.07, 6.45) is 9.45. The summed E-state index contributed by atoms with van der Waals surface area (Å²) in [7, 11) is 0. The monoisotopic (exact) mass is 280 g/mol. The number of benzene rings is 1. The summed E-state index contributed by atoms with van der Waals surface area (Å²) < 4.78 is 0. The molecule has 0 aliphatic carbocycles. The first-order chi connectivity index (χ1) is 10.3. The molecule has 2 bridgehead atoms. The fourth-order valence-electron chi connectivity index (χ4n) is 4.60. The third-order valence-electron chi connectivity index (χ3n) is 5.79. The van der Waals surface area contributed by atoms with E-state index in [-0.39, 0.29) is 0 Å². The molecule has 4 aliphatic rings. The smallest absolute Gasteiger partial charge is 0.0660 e. The average molecular weight is 280 g/mol. The first-order valence-electron chi connectivity index (χ1n) is 8.33. The molecule has 3 saturated heterocycles. The molecule has 2 nitrogen and oxygen atoms in total. The van der Waals surface area contributed by atoms with Crippen molar-refractivity contribution in [1.82, 2.24) is 4.90 Å². The predicted octanol–water partition coefficient (Wildman–Crippen LogP) is 4.16. The lowest BCUT2D eigenvalue weighted by Gasteiger charge is -2.50. The van der Waals surface area contributed by atoms with Crippen molar-refractivity contribution in [3.63, 3.8) is 0 Å². The molecule has 21 heavy (non-hydrogen) atoms. The molecule has 3 fully saturated rings. The highest BCUT2D eigenvalue weighted by Crippen LogP contribution is 2.42. The van der Waals surface area contributed by atoms with E-state index >= 15 is 0 Å². The molecule has 0 spiro atoms. The number of piperidine rings is 3. The molecule has 1 aromatic carbocycles. The van der Waals surface area contributed by atoms with Crippen molar-refractivity contribution in [2.45, 2.75) is 37.6 Å². The van der Waals surface area contributed by atoms with Crippen molar-refractivity contribution in [1.29, 1.82) is 0 Å². The van der Waals surface area contributed by atoms with Crippen LogP contribution in [0.2, 0.25) is 0 Å². The standard InChI is InChI=1S/C19H24N2/c1-2-14-13-21-10-8-15(14)11-17(21)12-16-7-9-20-19-6-4-3-5-18(16)19/h2-6,9,14-17H,1,7-8,10-13H2. The summed E-state index contributed by atoms with van der Waals surface area (Å²) in [4.78, 5) is 7.28. The highest BCUT2D eigenvalue weighted by atomic mass is 15.2. The molecular weight excluding hydrogens is 256 g/mol. The van der Waals surface area contributed by atoms with E-state index in [1.54, 1.807) is 0 Å². The maximum atomic E-state index is 4.56. The van der Waals surface area contributed by atoms with E-state index in [0.717, 1.165) is 24.3 Å². The summed E-state index contributed by atoms with van der Waals surface area (Å²) in [5.74, 6) is 2.27. The van der Waals surface area contributed by atoms with Crippen LogP contribution in [0.4, 0.5) is 5.69 Å². The molecule has 5 rings (SSSR count). The molecular formula is C19H24N2. The van der Waals surface area contributed by atoms with Gasteiger partial charge in [0.25, 0.3) is 0 Å². The molecule has 0 amide bonds. The van der Waals surface area contributed by atoms with E-state index < -0.39 is 0 Å². The molecule has 2 heteroatoms. The number of hydrogen-bond acceptors (Lipinski definition) is 2. The quantitative estimate of drug-likeness (QED) is 0.759. The van der Waals surface area contributed by atoms with Crippen LogP contribution >= 0.6 is 0 Å². The van der Waals surface area contributed by atoms with E-state index in [2.05, 4.69) is 53.0 Å². The zero-order valence-corrected chi connectivity index (χ0v) is 12.6. The first kappa shape index (κ1) is 13.3. The van der Waals surface area contributed by atoms with Gasteiger partial charge in [-0.05, 0) is 61.6 Å². The van der Waals surface area contributed by atoms with Crippen molar-refractivity contribution in [2.24, 2.45) is 16.8 Å². The van der Waals surface area contributed by atoms with Gasteiger partial charge in [0.2, 0.25) is 0 Å². The van der Waals surface area contributed by atoms with Gasteiger partial charge in [0.15, 0.2) is 0 Å². The first-order valence-corrected chi connectivity index (χ1v) is 8.33. The Morgan fingerprint density at radius 1 is 1.33 bits per heavy atom. The fourth-order valence-corrected chi connectivity index (χ4v) is 4.60. The summed E-state index contributed by atoms with van der Waals surface area (Å²) >= 11 is 0. The molecule has 0 saturated carbocycles. The van der Waals surface area contributed by atoms with Gasteiger partial charge in [0, 0.05) is 18.8 Å². The Bertz CT molecular complexity index is 562. The van der Waals surface area contributed by atoms with Gasteiger partial charge in [-0.15, -0.1) is 6.58 Å². The number of para-hydroxylation sites is 1. The van der Waals surface area contributed by atoms with Gasteiger partial charge in [-0.25, -0.2) is 0 Å². The Morgan fingerprint density at radius 2 is 2.24 bits per heavy atom. The highest BCUT2D eigenvalue weighted by Gasteiger charge is 2.39. The van der Waals surface area contributed by atoms with Gasteiger partial charge in [0.05, 0.1) is 5.69 Å². The maximum Gasteiger partial charge on any atom is 0.0660 e. The van der Waals surface area contributed by atoms with Crippen LogP contribution in [0.25, 0.3) is 0 Å². The second-order valence-electron chi connectivity index (χ2n) is 6.87. The van der Waals surface area contributed by atoms with Crippen molar-refractivity contribution in [3.05, 3.63) is 42.5 Å². The van der Waals surface area contributed by atoms with Gasteiger partial charge in [-0.3, -0.25) is 9.89 Å². The lowest BCUT2D eigenvalue weighted by molar-refractivity contribution is 0.0126. The summed E-state index contributed by atoms with van der Waals surface area (Å²) in [6.45, 7) is 6.56. The third-order valence-corrected chi connectivity index (χ3v) is 5.79. The van der Waals surface area contributed by atoms with Crippen LogP contribution in [0.3, 0.4) is 0 Å². The maximum absolute atomic E-state index is 4.56. The lowest BCUT2D eigenvalue weighted by Crippen LogP contribution is -2.53. The molecule has 4 aliphatic heterocycles. The van der Waals surface area contributed by atoms with Crippen LogP contribution < -0.4 is 0 Å². The second-order valence-corrected chi connectivity index (χ2v) is 6.87. The topological polar surface area (TPSA) is 15.6 Å². The molecule has 0 N–H and O–H groups in total. The normalized spacial score (nSPS) is 37.2. The van der Waals surface area contributed by atoms with Gasteiger partial charge < -0.3 is 0 Å². The van der Waals surface area contributed by atoms with Gasteiger partial charge >= 0.3 is 0 Å². The van der Waals surface area contributed by atoms with Crippen LogP contribution in [0, 0.1) is 11.8 Å². The predicted molar refractivity (Wildman–Crippen MR) is 88.3 cm³/mol. The zero-order valence-electron chi connectivity index (χ0n) is 12.6. The van der Waals surface area contributed by atoms with E-state index in [0.29, 0.717) is 5.92 Å². The minimum Gasteiger partial charge on any atom is -0.300 e. The fraction of sp³-hybridized carbons (Fsp3) is 0.526.